The quantitative estimate of drug-likeness (QED) is 0.587. The molecule has 0 aliphatic carbocycles. The van der Waals surface area contributed by atoms with Gasteiger partial charge in [0.05, 0.1) is 0 Å². The Morgan fingerprint density at radius 1 is 1.62 bits per heavy atom. The summed E-state index contributed by atoms with van der Waals surface area (Å²) in [5.74, 6) is 0.509. The molecule has 0 spiro atoms. The molecule has 2 heteroatoms. The molecule has 0 N–H and O–H groups in total. The van der Waals surface area contributed by atoms with E-state index in [1.807, 2.05) is 6.92 Å². The molecule has 0 bridgehead atoms. The molecule has 8 heavy (non-hydrogen) atoms. The second-order valence-corrected chi connectivity index (χ2v) is 2.75. The Kier molecular flexibility index (Phi) is 4.20. The van der Waals surface area contributed by atoms with E-state index in [0.29, 0.717) is 5.92 Å². The summed E-state index contributed by atoms with van der Waals surface area (Å²) in [6.45, 7) is 6.95. The zero-order chi connectivity index (χ0) is 6.57. The van der Waals surface area contributed by atoms with Gasteiger partial charge >= 0.3 is 58.2 Å². The van der Waals surface area contributed by atoms with Crippen LogP contribution in [-0.4, -0.2) is 26.8 Å². The summed E-state index contributed by atoms with van der Waals surface area (Å²) >= 11 is 2.87. The number of hydrogen-bond donors (Lipinski definition) is 0. The molecule has 0 radical (unpaired) electrons. The van der Waals surface area contributed by atoms with E-state index >= 15 is 0 Å². The SMILES string of the molecule is CCOC(=[Se])C(C)C. The number of ether oxygens (including phenoxy) is 1. The van der Waals surface area contributed by atoms with Gasteiger partial charge in [-0.3, -0.25) is 0 Å². The van der Waals surface area contributed by atoms with Gasteiger partial charge in [0.25, 0.3) is 0 Å². The van der Waals surface area contributed by atoms with Gasteiger partial charge in [0.2, 0.25) is 0 Å². The molecule has 48 valence electrons. The van der Waals surface area contributed by atoms with Crippen LogP contribution in [0, 0.1) is 5.92 Å². The van der Waals surface area contributed by atoms with Crippen LogP contribution >= 0.6 is 0 Å². The van der Waals surface area contributed by atoms with E-state index in [4.69, 9.17) is 4.74 Å². The van der Waals surface area contributed by atoms with Crippen LogP contribution in [0.4, 0.5) is 0 Å². The summed E-state index contributed by atoms with van der Waals surface area (Å²) in [5.41, 5.74) is 0. The van der Waals surface area contributed by atoms with Crippen molar-refractivity contribution in [3.05, 3.63) is 0 Å². The van der Waals surface area contributed by atoms with Gasteiger partial charge < -0.3 is 0 Å². The zero-order valence-corrected chi connectivity index (χ0v) is 7.31. The third kappa shape index (κ3) is 3.22. The molecule has 0 fully saturated rings. The molecular weight excluding hydrogens is 167 g/mol. The van der Waals surface area contributed by atoms with Crippen LogP contribution in [0.3, 0.4) is 0 Å². The first kappa shape index (κ1) is 8.19. The fraction of sp³-hybridized carbons (Fsp3) is 0.833. The molecule has 0 heterocycles. The van der Waals surface area contributed by atoms with Gasteiger partial charge in [-0.25, -0.2) is 0 Å². The molecule has 0 aromatic rings. The second-order valence-electron chi connectivity index (χ2n) is 1.91. The topological polar surface area (TPSA) is 9.23 Å². The molecule has 0 amide bonds. The maximum absolute atomic E-state index is 5.16. The van der Waals surface area contributed by atoms with E-state index in [-0.39, 0.29) is 0 Å². The van der Waals surface area contributed by atoms with Crippen LogP contribution in [0.25, 0.3) is 0 Å². The van der Waals surface area contributed by atoms with Crippen LogP contribution in [0.5, 0.6) is 0 Å². The van der Waals surface area contributed by atoms with E-state index in [1.54, 1.807) is 0 Å². The van der Waals surface area contributed by atoms with Gasteiger partial charge in [0.15, 0.2) is 0 Å². The molecular formula is C6H12OSe. The Hall–Kier alpha value is 0.189. The molecule has 0 saturated carbocycles. The summed E-state index contributed by atoms with van der Waals surface area (Å²) in [6, 6.07) is 0. The second kappa shape index (κ2) is 4.11. The Morgan fingerprint density at radius 2 is 2.12 bits per heavy atom. The minimum atomic E-state index is 0.509. The van der Waals surface area contributed by atoms with Gasteiger partial charge in [0, 0.05) is 0 Å². The van der Waals surface area contributed by atoms with Crippen LogP contribution in [0.2, 0.25) is 0 Å². The van der Waals surface area contributed by atoms with Crippen molar-refractivity contribution in [3.63, 3.8) is 0 Å². The van der Waals surface area contributed by atoms with Gasteiger partial charge in [-0.15, -0.1) is 0 Å². The summed E-state index contributed by atoms with van der Waals surface area (Å²) < 4.78 is 6.17. The third-order valence-corrected chi connectivity index (χ3v) is 1.99. The Morgan fingerprint density at radius 3 is 2.25 bits per heavy atom. The van der Waals surface area contributed by atoms with E-state index in [1.165, 1.54) is 0 Å². The van der Waals surface area contributed by atoms with Gasteiger partial charge in [0.1, 0.15) is 0 Å². The monoisotopic (exact) mass is 180 g/mol. The van der Waals surface area contributed by atoms with Crippen LogP contribution in [0.15, 0.2) is 0 Å². The van der Waals surface area contributed by atoms with E-state index < -0.39 is 0 Å². The standard InChI is InChI=1S/C6H12OSe/c1-4-7-6(8)5(2)3/h5H,4H2,1-3H3. The normalized spacial score (nSPS) is 9.50. The van der Waals surface area contributed by atoms with Crippen molar-refractivity contribution in [3.8, 4) is 0 Å². The van der Waals surface area contributed by atoms with Gasteiger partial charge in [-0.05, 0) is 0 Å². The van der Waals surface area contributed by atoms with E-state index in [9.17, 15) is 0 Å². The van der Waals surface area contributed by atoms with Crippen molar-refractivity contribution in [1.29, 1.82) is 0 Å². The molecule has 0 aliphatic heterocycles. The summed E-state index contributed by atoms with van der Waals surface area (Å²) in [6.07, 6.45) is 0. The van der Waals surface area contributed by atoms with Crippen molar-refractivity contribution in [2.75, 3.05) is 6.61 Å². The average Bonchev–Trinajstić information content (AvgIpc) is 1.67. The van der Waals surface area contributed by atoms with Crippen molar-refractivity contribution < 1.29 is 4.74 Å². The van der Waals surface area contributed by atoms with Crippen LogP contribution in [-0.2, 0) is 4.74 Å². The zero-order valence-electron chi connectivity index (χ0n) is 5.60. The Labute approximate surface area is 58.8 Å². The minimum absolute atomic E-state index is 0.509. The summed E-state index contributed by atoms with van der Waals surface area (Å²) in [4.78, 5) is 0. The molecule has 0 atom stereocenters. The summed E-state index contributed by atoms with van der Waals surface area (Å²) in [5, 5.41) is 0. The number of hydrogen-bond acceptors (Lipinski definition) is 1. The first-order valence-corrected chi connectivity index (χ1v) is 3.70. The first-order chi connectivity index (χ1) is 3.68. The fourth-order valence-corrected chi connectivity index (χ4v) is 0.556. The van der Waals surface area contributed by atoms with Crippen molar-refractivity contribution in [2.24, 2.45) is 5.92 Å². The molecule has 1 nitrogen and oxygen atoms in total. The van der Waals surface area contributed by atoms with Crippen molar-refractivity contribution >= 4 is 20.2 Å². The van der Waals surface area contributed by atoms with E-state index in [2.05, 4.69) is 29.4 Å². The maximum atomic E-state index is 5.16. The average molecular weight is 179 g/mol. The third-order valence-electron chi connectivity index (χ3n) is 0.758. The molecule has 0 saturated heterocycles. The van der Waals surface area contributed by atoms with E-state index in [0.717, 1.165) is 11.2 Å². The molecule has 0 aromatic heterocycles. The molecule has 0 unspecified atom stereocenters. The summed E-state index contributed by atoms with van der Waals surface area (Å²) in [7, 11) is 0. The van der Waals surface area contributed by atoms with Crippen molar-refractivity contribution in [1.82, 2.24) is 0 Å². The first-order valence-electron chi connectivity index (χ1n) is 2.85. The van der Waals surface area contributed by atoms with Gasteiger partial charge in [-0.1, -0.05) is 0 Å². The van der Waals surface area contributed by atoms with Crippen LogP contribution in [0.1, 0.15) is 20.8 Å². The molecule has 0 rings (SSSR count). The fourth-order valence-electron chi connectivity index (χ4n) is 0.309. The van der Waals surface area contributed by atoms with Gasteiger partial charge in [-0.2, -0.15) is 0 Å². The predicted molar refractivity (Wildman–Crippen MR) is 37.2 cm³/mol. The number of rotatable bonds is 3. The Balaban J connectivity index is 3.33. The molecule has 0 aromatic carbocycles. The Bertz CT molecular complexity index is 78.6. The van der Waals surface area contributed by atoms with Crippen LogP contribution < -0.4 is 0 Å². The van der Waals surface area contributed by atoms with Crippen molar-refractivity contribution in [2.45, 2.75) is 20.8 Å². The predicted octanol–water partition coefficient (Wildman–Crippen LogP) is 0.977. The molecule has 0 aliphatic rings.